The molecule has 0 heterocycles. The summed E-state index contributed by atoms with van der Waals surface area (Å²) in [6.45, 7) is 4.78. The van der Waals surface area contributed by atoms with Gasteiger partial charge in [-0.3, -0.25) is 4.79 Å². The van der Waals surface area contributed by atoms with E-state index in [1.54, 1.807) is 14.0 Å². The molecule has 0 radical (unpaired) electrons. The number of esters is 1. The molecular weight excluding hydrogens is 226 g/mol. The van der Waals surface area contributed by atoms with Crippen LogP contribution in [0.5, 0.6) is 0 Å². The Kier molecular flexibility index (Phi) is 11.3. The summed E-state index contributed by atoms with van der Waals surface area (Å²) < 4.78 is 20.1. The van der Waals surface area contributed by atoms with E-state index in [0.717, 1.165) is 0 Å². The van der Waals surface area contributed by atoms with E-state index in [0.29, 0.717) is 39.6 Å². The third kappa shape index (κ3) is 10.2. The maximum absolute atomic E-state index is 11.2. The second-order valence-corrected chi connectivity index (χ2v) is 3.52. The van der Waals surface area contributed by atoms with Crippen molar-refractivity contribution in [3.63, 3.8) is 0 Å². The largest absolute Gasteiger partial charge is 0.463 e. The quantitative estimate of drug-likeness (QED) is 0.403. The van der Waals surface area contributed by atoms with Crippen LogP contribution in [0.2, 0.25) is 0 Å². The predicted octanol–water partition coefficient (Wildman–Crippen LogP) is -0.196. The van der Waals surface area contributed by atoms with E-state index in [9.17, 15) is 4.79 Å². The van der Waals surface area contributed by atoms with Crippen molar-refractivity contribution in [3.8, 4) is 0 Å². The standard InChI is InChI=1S/C11H23NO5/c1-10(9-12)11(13)17-8-7-16-6-5-15-4-3-14-2/h10H,3-9,12H2,1-2H3. The molecule has 0 aliphatic carbocycles. The Balaban J connectivity index is 3.16. The van der Waals surface area contributed by atoms with Gasteiger partial charge in [0.25, 0.3) is 0 Å². The molecule has 0 spiro atoms. The molecular formula is C11H23NO5. The summed E-state index contributed by atoms with van der Waals surface area (Å²) in [4.78, 5) is 11.2. The molecule has 6 nitrogen and oxygen atoms in total. The van der Waals surface area contributed by atoms with Crippen molar-refractivity contribution in [1.82, 2.24) is 0 Å². The Hall–Kier alpha value is -0.690. The SMILES string of the molecule is COCCOCCOCCOC(=O)C(C)CN. The van der Waals surface area contributed by atoms with E-state index in [-0.39, 0.29) is 18.5 Å². The van der Waals surface area contributed by atoms with Gasteiger partial charge in [-0.15, -0.1) is 0 Å². The molecule has 1 atom stereocenters. The van der Waals surface area contributed by atoms with E-state index >= 15 is 0 Å². The van der Waals surface area contributed by atoms with Crippen molar-refractivity contribution >= 4 is 5.97 Å². The summed E-state index contributed by atoms with van der Waals surface area (Å²) >= 11 is 0. The van der Waals surface area contributed by atoms with Crippen molar-refractivity contribution in [2.75, 3.05) is 53.3 Å². The summed E-state index contributed by atoms with van der Waals surface area (Å²) in [6, 6.07) is 0. The Labute approximate surface area is 102 Å². The van der Waals surface area contributed by atoms with Crippen LogP contribution in [-0.4, -0.2) is 59.3 Å². The minimum absolute atomic E-state index is 0.251. The monoisotopic (exact) mass is 249 g/mol. The number of ether oxygens (including phenoxy) is 4. The number of nitrogens with two attached hydrogens (primary N) is 1. The smallest absolute Gasteiger partial charge is 0.310 e. The number of hydrogen-bond donors (Lipinski definition) is 1. The number of rotatable bonds is 11. The first kappa shape index (κ1) is 16.3. The summed E-state index contributed by atoms with van der Waals surface area (Å²) in [7, 11) is 1.62. The third-order valence-electron chi connectivity index (χ3n) is 2.03. The molecule has 0 aromatic carbocycles. The van der Waals surface area contributed by atoms with Gasteiger partial charge in [0, 0.05) is 13.7 Å². The van der Waals surface area contributed by atoms with Crippen LogP contribution in [0.1, 0.15) is 6.92 Å². The fourth-order valence-corrected chi connectivity index (χ4v) is 0.904. The zero-order chi connectivity index (χ0) is 12.9. The van der Waals surface area contributed by atoms with E-state index < -0.39 is 0 Å². The van der Waals surface area contributed by atoms with E-state index in [1.165, 1.54) is 0 Å². The molecule has 0 aliphatic rings. The zero-order valence-corrected chi connectivity index (χ0v) is 10.6. The molecule has 6 heteroatoms. The van der Waals surface area contributed by atoms with Crippen LogP contribution in [-0.2, 0) is 23.7 Å². The number of methoxy groups -OCH3 is 1. The van der Waals surface area contributed by atoms with Gasteiger partial charge in [0.2, 0.25) is 0 Å². The van der Waals surface area contributed by atoms with Crippen molar-refractivity contribution < 1.29 is 23.7 Å². The van der Waals surface area contributed by atoms with Gasteiger partial charge in [0.05, 0.1) is 39.0 Å². The molecule has 17 heavy (non-hydrogen) atoms. The normalized spacial score (nSPS) is 12.4. The first-order valence-corrected chi connectivity index (χ1v) is 5.73. The molecule has 0 saturated heterocycles. The van der Waals surface area contributed by atoms with Gasteiger partial charge in [-0.2, -0.15) is 0 Å². The third-order valence-corrected chi connectivity index (χ3v) is 2.03. The lowest BCUT2D eigenvalue weighted by molar-refractivity contribution is -0.149. The summed E-state index contributed by atoms with van der Waals surface area (Å²) in [5.74, 6) is -0.542. The molecule has 0 saturated carbocycles. The van der Waals surface area contributed by atoms with Gasteiger partial charge in [-0.25, -0.2) is 0 Å². The highest BCUT2D eigenvalue weighted by molar-refractivity contribution is 5.72. The number of carbonyl (C=O) groups is 1. The summed E-state index contributed by atoms with van der Waals surface area (Å²) in [6.07, 6.45) is 0. The van der Waals surface area contributed by atoms with Gasteiger partial charge >= 0.3 is 5.97 Å². The Bertz CT molecular complexity index is 189. The van der Waals surface area contributed by atoms with Crippen LogP contribution in [0, 0.1) is 5.92 Å². The van der Waals surface area contributed by atoms with Crippen LogP contribution >= 0.6 is 0 Å². The zero-order valence-electron chi connectivity index (χ0n) is 10.6. The predicted molar refractivity (Wildman–Crippen MR) is 62.7 cm³/mol. The second-order valence-electron chi connectivity index (χ2n) is 3.52. The summed E-state index contributed by atoms with van der Waals surface area (Å²) in [5, 5.41) is 0. The lowest BCUT2D eigenvalue weighted by Gasteiger charge is -2.09. The molecule has 0 amide bonds. The highest BCUT2D eigenvalue weighted by Crippen LogP contribution is 1.95. The molecule has 0 aliphatic heterocycles. The molecule has 0 aromatic heterocycles. The Morgan fingerprint density at radius 3 is 2.12 bits per heavy atom. The summed E-state index contributed by atoms with van der Waals surface area (Å²) in [5.41, 5.74) is 5.32. The molecule has 102 valence electrons. The molecule has 0 bridgehead atoms. The molecule has 1 unspecified atom stereocenters. The van der Waals surface area contributed by atoms with Gasteiger partial charge in [-0.05, 0) is 0 Å². The lowest BCUT2D eigenvalue weighted by atomic mass is 10.2. The van der Waals surface area contributed by atoms with Crippen LogP contribution < -0.4 is 5.73 Å². The topological polar surface area (TPSA) is 80.0 Å². The minimum atomic E-state index is -0.285. The number of hydrogen-bond acceptors (Lipinski definition) is 6. The first-order chi connectivity index (χ1) is 8.22. The second kappa shape index (κ2) is 11.8. The maximum atomic E-state index is 11.2. The maximum Gasteiger partial charge on any atom is 0.310 e. The van der Waals surface area contributed by atoms with Crippen molar-refractivity contribution in [2.24, 2.45) is 11.7 Å². The first-order valence-electron chi connectivity index (χ1n) is 5.73. The number of carbonyl (C=O) groups excluding carboxylic acids is 1. The molecule has 0 aromatic rings. The van der Waals surface area contributed by atoms with Crippen molar-refractivity contribution in [2.45, 2.75) is 6.92 Å². The molecule has 0 rings (SSSR count). The fraction of sp³-hybridized carbons (Fsp3) is 0.909. The van der Waals surface area contributed by atoms with E-state index in [4.69, 9.17) is 24.7 Å². The van der Waals surface area contributed by atoms with Crippen LogP contribution in [0.15, 0.2) is 0 Å². The Morgan fingerprint density at radius 1 is 1.06 bits per heavy atom. The Morgan fingerprint density at radius 2 is 1.59 bits per heavy atom. The minimum Gasteiger partial charge on any atom is -0.463 e. The van der Waals surface area contributed by atoms with Gasteiger partial charge in [0.1, 0.15) is 6.61 Å². The van der Waals surface area contributed by atoms with E-state index in [1.807, 2.05) is 0 Å². The van der Waals surface area contributed by atoms with Gasteiger partial charge in [-0.1, -0.05) is 6.92 Å². The van der Waals surface area contributed by atoms with E-state index in [2.05, 4.69) is 0 Å². The average Bonchev–Trinajstić information content (AvgIpc) is 2.35. The molecule has 2 N–H and O–H groups in total. The van der Waals surface area contributed by atoms with Crippen LogP contribution in [0.3, 0.4) is 0 Å². The average molecular weight is 249 g/mol. The van der Waals surface area contributed by atoms with Crippen LogP contribution in [0.25, 0.3) is 0 Å². The lowest BCUT2D eigenvalue weighted by Crippen LogP contribution is -2.24. The van der Waals surface area contributed by atoms with Crippen molar-refractivity contribution in [3.05, 3.63) is 0 Å². The highest BCUT2D eigenvalue weighted by atomic mass is 16.6. The highest BCUT2D eigenvalue weighted by Gasteiger charge is 2.11. The van der Waals surface area contributed by atoms with Crippen molar-refractivity contribution in [1.29, 1.82) is 0 Å². The van der Waals surface area contributed by atoms with Gasteiger partial charge in [0.15, 0.2) is 0 Å². The molecule has 0 fully saturated rings. The van der Waals surface area contributed by atoms with Gasteiger partial charge < -0.3 is 24.7 Å². The van der Waals surface area contributed by atoms with Crippen LogP contribution in [0.4, 0.5) is 0 Å². The fourth-order valence-electron chi connectivity index (χ4n) is 0.904.